The van der Waals surface area contributed by atoms with Crippen molar-refractivity contribution in [1.82, 2.24) is 19.7 Å². The molecule has 0 aromatic carbocycles. The highest BCUT2D eigenvalue weighted by Gasteiger charge is 2.19. The zero-order chi connectivity index (χ0) is 14.9. The summed E-state index contributed by atoms with van der Waals surface area (Å²) in [7, 11) is -3.72. The minimum Gasteiger partial charge on any atom is -0.398 e. The Kier molecular flexibility index (Phi) is 3.31. The second kappa shape index (κ2) is 5.14. The molecule has 10 heteroatoms. The van der Waals surface area contributed by atoms with E-state index in [0.29, 0.717) is 17.2 Å². The molecule has 0 fully saturated rings. The van der Waals surface area contributed by atoms with Crippen molar-refractivity contribution in [2.24, 2.45) is 0 Å². The second-order valence-corrected chi connectivity index (χ2v) is 6.84. The van der Waals surface area contributed by atoms with Crippen molar-refractivity contribution >= 4 is 32.7 Å². The number of nitrogens with zero attached hydrogens (tertiary/aromatic N) is 4. The number of anilines is 2. The van der Waals surface area contributed by atoms with Crippen LogP contribution in [0.3, 0.4) is 0 Å². The number of pyridine rings is 1. The largest absolute Gasteiger partial charge is 0.398 e. The first-order chi connectivity index (χ1) is 10.1. The summed E-state index contributed by atoms with van der Waals surface area (Å²) in [5, 5.41) is 5.51. The molecule has 0 aliphatic carbocycles. The topological polar surface area (TPSA) is 116 Å². The van der Waals surface area contributed by atoms with Gasteiger partial charge in [-0.1, -0.05) is 0 Å². The van der Waals surface area contributed by atoms with E-state index >= 15 is 0 Å². The van der Waals surface area contributed by atoms with E-state index in [1.807, 2.05) is 0 Å². The molecule has 8 nitrogen and oxygen atoms in total. The molecular formula is C11H10N6O2S2. The van der Waals surface area contributed by atoms with Gasteiger partial charge < -0.3 is 5.73 Å². The summed E-state index contributed by atoms with van der Waals surface area (Å²) >= 11 is 1.05. The summed E-state index contributed by atoms with van der Waals surface area (Å²) in [6.07, 6.45) is 4.31. The lowest BCUT2D eigenvalue weighted by Gasteiger charge is -2.10. The fraction of sp³-hybridized carbons (Fsp3) is 0. The van der Waals surface area contributed by atoms with Crippen LogP contribution in [0.1, 0.15) is 0 Å². The molecule has 3 N–H and O–H groups in total. The fourth-order valence-electron chi connectivity index (χ4n) is 1.64. The van der Waals surface area contributed by atoms with Crippen molar-refractivity contribution in [2.45, 2.75) is 4.21 Å². The number of hydrogen-bond donors (Lipinski definition) is 2. The number of sulfonamides is 1. The smallest absolute Gasteiger partial charge is 0.271 e. The quantitative estimate of drug-likeness (QED) is 0.743. The number of nitrogen functional groups attached to an aromatic ring is 1. The van der Waals surface area contributed by atoms with E-state index in [0.717, 1.165) is 11.3 Å². The minimum atomic E-state index is -3.72. The van der Waals surface area contributed by atoms with Gasteiger partial charge in [0.05, 0.1) is 5.69 Å². The molecule has 108 valence electrons. The molecular weight excluding hydrogens is 312 g/mol. The van der Waals surface area contributed by atoms with E-state index in [1.54, 1.807) is 17.5 Å². The molecule has 3 rings (SSSR count). The van der Waals surface area contributed by atoms with Crippen molar-refractivity contribution < 1.29 is 8.42 Å². The summed E-state index contributed by atoms with van der Waals surface area (Å²) < 4.78 is 28.6. The standard InChI is InChI=1S/C11H10N6O2S2/c12-8-4-10(20-5-8)21(18,19)16-9-2-1-3-14-11(9)17-7-13-6-15-17/h1-7,16H,12H2. The van der Waals surface area contributed by atoms with Crippen molar-refractivity contribution in [3.8, 4) is 5.82 Å². The fourth-order valence-corrected chi connectivity index (χ4v) is 3.78. The van der Waals surface area contributed by atoms with Crippen LogP contribution in [0.2, 0.25) is 0 Å². The van der Waals surface area contributed by atoms with E-state index in [4.69, 9.17) is 5.73 Å². The van der Waals surface area contributed by atoms with Crippen molar-refractivity contribution in [2.75, 3.05) is 10.5 Å². The Labute approximate surface area is 124 Å². The van der Waals surface area contributed by atoms with Gasteiger partial charge in [-0.3, -0.25) is 4.72 Å². The molecule has 3 aromatic heterocycles. The van der Waals surface area contributed by atoms with E-state index in [9.17, 15) is 8.42 Å². The summed E-state index contributed by atoms with van der Waals surface area (Å²) in [4.78, 5) is 7.93. The third-order valence-corrected chi connectivity index (χ3v) is 5.35. The van der Waals surface area contributed by atoms with E-state index < -0.39 is 10.0 Å². The van der Waals surface area contributed by atoms with Gasteiger partial charge in [0, 0.05) is 17.3 Å². The average Bonchev–Trinajstić information content (AvgIpc) is 3.10. The predicted molar refractivity (Wildman–Crippen MR) is 78.7 cm³/mol. The van der Waals surface area contributed by atoms with Gasteiger partial charge in [0.25, 0.3) is 10.0 Å². The zero-order valence-electron chi connectivity index (χ0n) is 10.5. The van der Waals surface area contributed by atoms with Gasteiger partial charge >= 0.3 is 0 Å². The summed E-state index contributed by atoms with van der Waals surface area (Å²) in [6.45, 7) is 0. The van der Waals surface area contributed by atoms with Crippen LogP contribution in [0, 0.1) is 0 Å². The highest BCUT2D eigenvalue weighted by Crippen LogP contribution is 2.25. The molecule has 0 aliphatic heterocycles. The van der Waals surface area contributed by atoms with Gasteiger partial charge in [-0.05, 0) is 18.2 Å². The highest BCUT2D eigenvalue weighted by molar-refractivity contribution is 7.94. The number of aromatic nitrogens is 4. The highest BCUT2D eigenvalue weighted by atomic mass is 32.2. The Bertz CT molecular complexity index is 856. The Balaban J connectivity index is 1.99. The predicted octanol–water partition coefficient (Wildman–Crippen LogP) is 1.11. The first-order valence-corrected chi connectivity index (χ1v) is 8.09. The van der Waals surface area contributed by atoms with Gasteiger partial charge in [0.1, 0.15) is 16.9 Å². The Morgan fingerprint density at radius 3 is 2.90 bits per heavy atom. The molecule has 0 saturated carbocycles. The third-order valence-electron chi connectivity index (χ3n) is 2.53. The Morgan fingerprint density at radius 2 is 2.24 bits per heavy atom. The molecule has 0 unspecified atom stereocenters. The molecule has 0 bridgehead atoms. The van der Waals surface area contributed by atoms with Crippen LogP contribution >= 0.6 is 11.3 Å². The van der Waals surface area contributed by atoms with Gasteiger partial charge in [0.15, 0.2) is 5.82 Å². The first kappa shape index (κ1) is 13.5. The lowest BCUT2D eigenvalue weighted by molar-refractivity contribution is 0.603. The van der Waals surface area contributed by atoms with Crippen LogP contribution in [-0.2, 0) is 10.0 Å². The van der Waals surface area contributed by atoms with Crippen LogP contribution in [0.25, 0.3) is 5.82 Å². The van der Waals surface area contributed by atoms with Crippen molar-refractivity contribution in [1.29, 1.82) is 0 Å². The van der Waals surface area contributed by atoms with Gasteiger partial charge in [-0.15, -0.1) is 11.3 Å². The van der Waals surface area contributed by atoms with Crippen LogP contribution in [0.15, 0.2) is 46.6 Å². The average molecular weight is 322 g/mol. The normalized spacial score (nSPS) is 11.4. The van der Waals surface area contributed by atoms with Crippen molar-refractivity contribution in [3.63, 3.8) is 0 Å². The zero-order valence-corrected chi connectivity index (χ0v) is 12.2. The molecule has 0 saturated heterocycles. The van der Waals surface area contributed by atoms with Gasteiger partial charge in [-0.2, -0.15) is 5.10 Å². The minimum absolute atomic E-state index is 0.133. The molecule has 0 spiro atoms. The third kappa shape index (κ3) is 2.71. The maximum absolute atomic E-state index is 12.3. The number of nitrogens with two attached hydrogens (primary N) is 1. The molecule has 0 atom stereocenters. The summed E-state index contributed by atoms with van der Waals surface area (Å²) in [5.74, 6) is 0.336. The SMILES string of the molecule is Nc1csc(S(=O)(=O)Nc2cccnc2-n2cncn2)c1. The van der Waals surface area contributed by atoms with Crippen molar-refractivity contribution in [3.05, 3.63) is 42.4 Å². The van der Waals surface area contributed by atoms with Gasteiger partial charge in [-0.25, -0.2) is 23.1 Å². The summed E-state index contributed by atoms with van der Waals surface area (Å²) in [5.41, 5.74) is 6.27. The molecule has 3 aromatic rings. The van der Waals surface area contributed by atoms with Crippen LogP contribution in [-0.4, -0.2) is 28.2 Å². The Morgan fingerprint density at radius 1 is 1.38 bits per heavy atom. The second-order valence-electron chi connectivity index (χ2n) is 4.02. The van der Waals surface area contributed by atoms with Gasteiger partial charge in [0.2, 0.25) is 0 Å². The number of hydrogen-bond acceptors (Lipinski definition) is 7. The lowest BCUT2D eigenvalue weighted by Crippen LogP contribution is -2.14. The molecule has 3 heterocycles. The molecule has 0 amide bonds. The van der Waals surface area contributed by atoms with E-state index in [-0.39, 0.29) is 4.21 Å². The lowest BCUT2D eigenvalue weighted by atomic mass is 10.4. The maximum Gasteiger partial charge on any atom is 0.271 e. The summed E-state index contributed by atoms with van der Waals surface area (Å²) in [6, 6.07) is 4.62. The number of nitrogens with one attached hydrogen (secondary N) is 1. The monoisotopic (exact) mass is 322 g/mol. The van der Waals surface area contributed by atoms with E-state index in [1.165, 1.54) is 29.6 Å². The van der Waals surface area contributed by atoms with Crippen LogP contribution in [0.4, 0.5) is 11.4 Å². The number of rotatable bonds is 4. The number of thiophene rings is 1. The first-order valence-electron chi connectivity index (χ1n) is 5.73. The van der Waals surface area contributed by atoms with Crippen LogP contribution in [0.5, 0.6) is 0 Å². The van der Waals surface area contributed by atoms with E-state index in [2.05, 4.69) is 19.8 Å². The Hall–Kier alpha value is -2.46. The van der Waals surface area contributed by atoms with Crippen LogP contribution < -0.4 is 10.5 Å². The molecule has 21 heavy (non-hydrogen) atoms. The maximum atomic E-state index is 12.3. The molecule has 0 radical (unpaired) electrons. The molecule has 0 aliphatic rings.